The maximum atomic E-state index is 13.1. The molecule has 1 aliphatic heterocycles. The number of hydrogen-bond donors (Lipinski definition) is 1. The van der Waals surface area contributed by atoms with Gasteiger partial charge in [0.15, 0.2) is 5.76 Å². The number of hydrogen-bond acceptors (Lipinski definition) is 4. The average Bonchev–Trinajstić information content (AvgIpc) is 3.47. The number of rotatable bonds is 4. The zero-order chi connectivity index (χ0) is 19.1. The third-order valence-corrected chi connectivity index (χ3v) is 5.26. The number of nitrogens with one attached hydrogen (secondary N) is 1. The van der Waals surface area contributed by atoms with E-state index in [9.17, 15) is 4.79 Å². The van der Waals surface area contributed by atoms with Crippen molar-refractivity contribution >= 4 is 16.9 Å². The highest BCUT2D eigenvalue weighted by molar-refractivity contribution is 5.92. The summed E-state index contributed by atoms with van der Waals surface area (Å²) < 4.78 is 7.72. The van der Waals surface area contributed by atoms with Crippen LogP contribution in [0.3, 0.4) is 0 Å². The van der Waals surface area contributed by atoms with Gasteiger partial charge in [-0.25, -0.2) is 9.97 Å². The number of H-pyrrole nitrogens is 1. The molecule has 7 heteroatoms. The standard InChI is InChI=1S/C21H21N5O2/c1-14-4-6-16-17(11-14)24-20(23-16)18-3-2-9-26(18)21(27)19-7-5-15(28-19)12-25-10-8-22-13-25/h4-8,10-11,13,18H,2-3,9,12H2,1H3,(H,23,24)/t18-/m0/s1. The molecule has 1 N–H and O–H groups in total. The molecule has 5 rings (SSSR count). The Morgan fingerprint density at radius 1 is 1.32 bits per heavy atom. The molecule has 28 heavy (non-hydrogen) atoms. The topological polar surface area (TPSA) is 79.9 Å². The minimum Gasteiger partial charge on any atom is -0.454 e. The molecule has 0 bridgehead atoms. The average molecular weight is 375 g/mol. The van der Waals surface area contributed by atoms with Gasteiger partial charge in [-0.1, -0.05) is 6.07 Å². The molecule has 7 nitrogen and oxygen atoms in total. The first kappa shape index (κ1) is 16.8. The minimum absolute atomic E-state index is 0.0533. The highest BCUT2D eigenvalue weighted by Gasteiger charge is 2.34. The molecule has 1 fully saturated rings. The SMILES string of the molecule is Cc1ccc2nc([C@@H]3CCCN3C(=O)c3ccc(Cn4ccnc4)o3)[nH]c2c1. The number of aryl methyl sites for hydroxylation is 1. The molecular formula is C21H21N5O2. The Morgan fingerprint density at radius 3 is 3.11 bits per heavy atom. The Labute approximate surface area is 162 Å². The van der Waals surface area contributed by atoms with E-state index in [0.29, 0.717) is 18.8 Å². The molecule has 1 saturated heterocycles. The second-order valence-corrected chi connectivity index (χ2v) is 7.30. The van der Waals surface area contributed by atoms with E-state index in [4.69, 9.17) is 9.40 Å². The number of furan rings is 1. The highest BCUT2D eigenvalue weighted by atomic mass is 16.4. The summed E-state index contributed by atoms with van der Waals surface area (Å²) in [6.45, 7) is 3.32. The predicted molar refractivity (Wildman–Crippen MR) is 104 cm³/mol. The van der Waals surface area contributed by atoms with E-state index in [-0.39, 0.29) is 11.9 Å². The molecule has 4 heterocycles. The summed E-state index contributed by atoms with van der Waals surface area (Å²) in [6.07, 6.45) is 7.16. The van der Waals surface area contributed by atoms with E-state index >= 15 is 0 Å². The van der Waals surface area contributed by atoms with Crippen molar-refractivity contribution in [1.29, 1.82) is 0 Å². The number of aromatic amines is 1. The first-order chi connectivity index (χ1) is 13.7. The molecule has 3 aromatic heterocycles. The van der Waals surface area contributed by atoms with Crippen LogP contribution in [0, 0.1) is 6.92 Å². The van der Waals surface area contributed by atoms with Crippen LogP contribution in [0.4, 0.5) is 0 Å². The third kappa shape index (κ3) is 2.98. The van der Waals surface area contributed by atoms with E-state index in [1.54, 1.807) is 18.6 Å². The van der Waals surface area contributed by atoms with Gasteiger partial charge < -0.3 is 18.9 Å². The number of carbonyl (C=O) groups is 1. The van der Waals surface area contributed by atoms with E-state index in [1.807, 2.05) is 27.8 Å². The Kier molecular flexibility index (Phi) is 4.00. The van der Waals surface area contributed by atoms with Gasteiger partial charge in [-0.2, -0.15) is 0 Å². The lowest BCUT2D eigenvalue weighted by molar-refractivity contribution is 0.0696. The number of likely N-dealkylation sites (tertiary alicyclic amines) is 1. The number of nitrogens with zero attached hydrogens (tertiary/aromatic N) is 4. The zero-order valence-electron chi connectivity index (χ0n) is 15.6. The summed E-state index contributed by atoms with van der Waals surface area (Å²) in [5.74, 6) is 1.86. The van der Waals surface area contributed by atoms with Gasteiger partial charge in [0.1, 0.15) is 11.6 Å². The molecule has 0 aliphatic carbocycles. The van der Waals surface area contributed by atoms with Gasteiger partial charge >= 0.3 is 0 Å². The Morgan fingerprint density at radius 2 is 2.25 bits per heavy atom. The van der Waals surface area contributed by atoms with Crippen LogP contribution < -0.4 is 0 Å². The summed E-state index contributed by atoms with van der Waals surface area (Å²) in [7, 11) is 0. The van der Waals surface area contributed by atoms with E-state index in [0.717, 1.165) is 35.5 Å². The lowest BCUT2D eigenvalue weighted by Gasteiger charge is -2.22. The van der Waals surface area contributed by atoms with E-state index in [2.05, 4.69) is 29.0 Å². The molecule has 0 radical (unpaired) electrons. The lowest BCUT2D eigenvalue weighted by Crippen LogP contribution is -2.30. The van der Waals surface area contributed by atoms with Crippen molar-refractivity contribution < 1.29 is 9.21 Å². The summed E-state index contributed by atoms with van der Waals surface area (Å²) >= 11 is 0. The van der Waals surface area contributed by atoms with Crippen LogP contribution in [0.5, 0.6) is 0 Å². The number of aromatic nitrogens is 4. The van der Waals surface area contributed by atoms with Gasteiger partial charge in [0.25, 0.3) is 5.91 Å². The summed E-state index contributed by atoms with van der Waals surface area (Å²) in [6, 6.07) is 9.70. The summed E-state index contributed by atoms with van der Waals surface area (Å²) in [4.78, 5) is 27.1. The number of carbonyl (C=O) groups excluding carboxylic acids is 1. The fourth-order valence-corrected chi connectivity index (χ4v) is 3.87. The largest absolute Gasteiger partial charge is 0.454 e. The van der Waals surface area contributed by atoms with Crippen molar-refractivity contribution in [3.63, 3.8) is 0 Å². The molecule has 0 unspecified atom stereocenters. The molecule has 0 saturated carbocycles. The molecule has 1 aliphatic rings. The molecular weight excluding hydrogens is 354 g/mol. The predicted octanol–water partition coefficient (Wildman–Crippen LogP) is 3.69. The fraction of sp³-hybridized carbons (Fsp3) is 0.286. The second-order valence-electron chi connectivity index (χ2n) is 7.30. The fourth-order valence-electron chi connectivity index (χ4n) is 3.87. The first-order valence-electron chi connectivity index (χ1n) is 9.49. The van der Waals surface area contributed by atoms with Crippen LogP contribution in [-0.4, -0.2) is 36.9 Å². The minimum atomic E-state index is -0.0870. The monoisotopic (exact) mass is 375 g/mol. The van der Waals surface area contributed by atoms with Gasteiger partial charge in [0.05, 0.1) is 29.9 Å². The number of benzene rings is 1. The van der Waals surface area contributed by atoms with Crippen LogP contribution in [0.1, 0.15) is 46.6 Å². The molecule has 0 spiro atoms. The normalized spacial score (nSPS) is 16.9. The highest BCUT2D eigenvalue weighted by Crippen LogP contribution is 2.33. The van der Waals surface area contributed by atoms with Crippen LogP contribution in [0.15, 0.2) is 53.5 Å². The van der Waals surface area contributed by atoms with Crippen LogP contribution >= 0.6 is 0 Å². The molecule has 1 atom stereocenters. The Hall–Kier alpha value is -3.35. The smallest absolute Gasteiger partial charge is 0.290 e. The van der Waals surface area contributed by atoms with Crippen molar-refractivity contribution in [3.8, 4) is 0 Å². The number of imidazole rings is 2. The number of fused-ring (bicyclic) bond motifs is 1. The Bertz CT molecular complexity index is 1130. The lowest BCUT2D eigenvalue weighted by atomic mass is 10.2. The van der Waals surface area contributed by atoms with Gasteiger partial charge in [0.2, 0.25) is 0 Å². The van der Waals surface area contributed by atoms with Crippen molar-refractivity contribution in [3.05, 3.63) is 72.0 Å². The van der Waals surface area contributed by atoms with Gasteiger partial charge in [-0.3, -0.25) is 4.79 Å². The van der Waals surface area contributed by atoms with Crippen LogP contribution in [0.25, 0.3) is 11.0 Å². The first-order valence-corrected chi connectivity index (χ1v) is 9.49. The molecule has 1 amide bonds. The summed E-state index contributed by atoms with van der Waals surface area (Å²) in [5, 5.41) is 0. The van der Waals surface area contributed by atoms with E-state index < -0.39 is 0 Å². The Balaban J connectivity index is 1.38. The zero-order valence-corrected chi connectivity index (χ0v) is 15.6. The van der Waals surface area contributed by atoms with Crippen molar-refractivity contribution in [2.45, 2.75) is 32.4 Å². The van der Waals surface area contributed by atoms with Gasteiger partial charge in [0, 0.05) is 18.9 Å². The maximum absolute atomic E-state index is 13.1. The quantitative estimate of drug-likeness (QED) is 0.590. The van der Waals surface area contributed by atoms with Crippen molar-refractivity contribution in [2.75, 3.05) is 6.54 Å². The molecule has 142 valence electrons. The molecule has 1 aromatic carbocycles. The van der Waals surface area contributed by atoms with Crippen molar-refractivity contribution in [1.82, 2.24) is 24.4 Å². The second kappa shape index (κ2) is 6.67. The maximum Gasteiger partial charge on any atom is 0.290 e. The van der Waals surface area contributed by atoms with Gasteiger partial charge in [-0.15, -0.1) is 0 Å². The molecule has 4 aromatic rings. The van der Waals surface area contributed by atoms with Crippen LogP contribution in [0.2, 0.25) is 0 Å². The van der Waals surface area contributed by atoms with Gasteiger partial charge in [-0.05, 0) is 49.6 Å². The number of amides is 1. The van der Waals surface area contributed by atoms with Crippen molar-refractivity contribution in [2.24, 2.45) is 0 Å². The third-order valence-electron chi connectivity index (χ3n) is 5.26. The van der Waals surface area contributed by atoms with Crippen LogP contribution in [-0.2, 0) is 6.54 Å². The summed E-state index contributed by atoms with van der Waals surface area (Å²) in [5.41, 5.74) is 3.12. The van der Waals surface area contributed by atoms with E-state index in [1.165, 1.54) is 5.56 Å².